The first-order valence-electron chi connectivity index (χ1n) is 6.48. The molecule has 2 aromatic rings. The van der Waals surface area contributed by atoms with Crippen molar-refractivity contribution < 1.29 is 23.1 Å². The molecule has 0 aliphatic rings. The number of nitrogens with two attached hydrogens (primary N) is 1. The Morgan fingerprint density at radius 1 is 1.26 bits per heavy atom. The third-order valence-corrected chi connectivity index (χ3v) is 3.47. The van der Waals surface area contributed by atoms with Gasteiger partial charge in [-0.05, 0) is 17.7 Å². The first kappa shape index (κ1) is 16.8. The van der Waals surface area contributed by atoms with E-state index in [-0.39, 0.29) is 24.5 Å². The molecule has 1 heterocycles. The molecule has 23 heavy (non-hydrogen) atoms. The second kappa shape index (κ2) is 7.63. The number of benzene rings is 1. The fraction of sp³-hybridized carbons (Fsp3) is 0.214. The van der Waals surface area contributed by atoms with Crippen molar-refractivity contribution in [3.05, 3.63) is 40.9 Å². The van der Waals surface area contributed by atoms with Gasteiger partial charge in [-0.1, -0.05) is 12.1 Å². The molecule has 2 amide bonds. The van der Waals surface area contributed by atoms with Crippen LogP contribution in [-0.4, -0.2) is 23.4 Å². The average Bonchev–Trinajstić information content (AvgIpc) is 2.86. The van der Waals surface area contributed by atoms with E-state index >= 15 is 0 Å². The molecule has 122 valence electrons. The number of amides is 2. The molecule has 0 spiro atoms. The Morgan fingerprint density at radius 2 is 1.96 bits per heavy atom. The summed E-state index contributed by atoms with van der Waals surface area (Å²) in [7, 11) is 0. The van der Waals surface area contributed by atoms with Crippen molar-refractivity contribution in [3.63, 3.8) is 0 Å². The van der Waals surface area contributed by atoms with E-state index in [0.29, 0.717) is 16.4 Å². The Balaban J connectivity index is 1.89. The van der Waals surface area contributed by atoms with Crippen molar-refractivity contribution in [1.29, 1.82) is 0 Å². The van der Waals surface area contributed by atoms with Crippen molar-refractivity contribution in [1.82, 2.24) is 4.98 Å². The van der Waals surface area contributed by atoms with E-state index in [1.54, 1.807) is 5.38 Å². The number of nitrogens with one attached hydrogen (secondary N) is 1. The maximum atomic E-state index is 12.0. The molecular formula is C14H13F2N3O3S. The molecule has 9 heteroatoms. The van der Waals surface area contributed by atoms with Gasteiger partial charge in [-0.25, -0.2) is 4.98 Å². The second-order valence-corrected chi connectivity index (χ2v) is 5.39. The highest BCUT2D eigenvalue weighted by Gasteiger charge is 2.10. The van der Waals surface area contributed by atoms with Gasteiger partial charge in [0.15, 0.2) is 5.13 Å². The summed E-state index contributed by atoms with van der Waals surface area (Å²) in [4.78, 5) is 26.7. The predicted molar refractivity (Wildman–Crippen MR) is 80.4 cm³/mol. The normalized spacial score (nSPS) is 10.6. The number of hydrogen-bond acceptors (Lipinski definition) is 5. The molecule has 1 aromatic heterocycles. The number of rotatable bonds is 7. The first-order chi connectivity index (χ1) is 10.9. The number of alkyl halides is 2. The Bertz CT molecular complexity index is 689. The number of carbonyl (C=O) groups excluding carboxylic acids is 2. The molecule has 0 aliphatic heterocycles. The maximum Gasteiger partial charge on any atom is 0.387 e. The van der Waals surface area contributed by atoms with Crippen molar-refractivity contribution in [2.75, 3.05) is 5.32 Å². The molecule has 0 saturated heterocycles. The van der Waals surface area contributed by atoms with Crippen LogP contribution < -0.4 is 15.8 Å². The number of primary amides is 1. The average molecular weight is 341 g/mol. The number of aromatic nitrogens is 1. The lowest BCUT2D eigenvalue weighted by Crippen LogP contribution is -2.15. The zero-order valence-corrected chi connectivity index (χ0v) is 12.6. The number of thiazole rings is 1. The molecule has 0 radical (unpaired) electrons. The summed E-state index contributed by atoms with van der Waals surface area (Å²) in [6, 6.07) is 5.78. The van der Waals surface area contributed by atoms with Crippen LogP contribution >= 0.6 is 11.3 Å². The number of halogens is 2. The van der Waals surface area contributed by atoms with Crippen molar-refractivity contribution in [2.24, 2.45) is 5.73 Å². The first-order valence-corrected chi connectivity index (χ1v) is 7.36. The van der Waals surface area contributed by atoms with Crippen LogP contribution in [0.15, 0.2) is 29.6 Å². The van der Waals surface area contributed by atoms with Gasteiger partial charge in [0.2, 0.25) is 11.8 Å². The predicted octanol–water partition coefficient (Wildman–Crippen LogP) is 1.95. The molecule has 0 unspecified atom stereocenters. The van der Waals surface area contributed by atoms with Gasteiger partial charge in [0.25, 0.3) is 0 Å². The second-order valence-electron chi connectivity index (χ2n) is 4.53. The van der Waals surface area contributed by atoms with Gasteiger partial charge in [0, 0.05) is 5.38 Å². The van der Waals surface area contributed by atoms with E-state index in [1.165, 1.54) is 35.6 Å². The molecule has 0 aliphatic carbocycles. The van der Waals surface area contributed by atoms with Crippen LogP contribution in [0.4, 0.5) is 13.9 Å². The van der Waals surface area contributed by atoms with Crippen LogP contribution in [0.1, 0.15) is 11.3 Å². The summed E-state index contributed by atoms with van der Waals surface area (Å²) in [6.07, 6.45) is 0.0671. The Hall–Kier alpha value is -2.55. The van der Waals surface area contributed by atoms with E-state index in [1.807, 2.05) is 0 Å². The topological polar surface area (TPSA) is 94.3 Å². The van der Waals surface area contributed by atoms with Gasteiger partial charge in [-0.2, -0.15) is 8.78 Å². The van der Waals surface area contributed by atoms with Gasteiger partial charge in [-0.15, -0.1) is 11.3 Å². The largest absolute Gasteiger partial charge is 0.435 e. The fourth-order valence-corrected chi connectivity index (χ4v) is 2.49. The minimum Gasteiger partial charge on any atom is -0.435 e. The third kappa shape index (κ3) is 5.62. The zero-order chi connectivity index (χ0) is 16.8. The minimum absolute atomic E-state index is 0.0119. The Morgan fingerprint density at radius 3 is 2.57 bits per heavy atom. The summed E-state index contributed by atoms with van der Waals surface area (Å²) < 4.78 is 28.3. The van der Waals surface area contributed by atoms with Crippen molar-refractivity contribution >= 4 is 28.3 Å². The van der Waals surface area contributed by atoms with Crippen LogP contribution in [-0.2, 0) is 22.4 Å². The molecule has 6 nitrogen and oxygen atoms in total. The lowest BCUT2D eigenvalue weighted by Gasteiger charge is -2.05. The summed E-state index contributed by atoms with van der Waals surface area (Å²) in [5.74, 6) is -0.785. The SMILES string of the molecule is NC(=O)Cc1csc(NC(=O)Cc2ccc(OC(F)F)cc2)n1. The van der Waals surface area contributed by atoms with Crippen LogP contribution in [0.3, 0.4) is 0 Å². The number of carbonyl (C=O) groups is 2. The molecule has 0 fully saturated rings. The molecule has 0 bridgehead atoms. The summed E-state index contributed by atoms with van der Waals surface area (Å²) >= 11 is 1.19. The number of nitrogens with zero attached hydrogens (tertiary/aromatic N) is 1. The van der Waals surface area contributed by atoms with Crippen LogP contribution in [0.2, 0.25) is 0 Å². The summed E-state index contributed by atoms with van der Waals surface area (Å²) in [6.45, 7) is -2.89. The van der Waals surface area contributed by atoms with Gasteiger partial charge >= 0.3 is 6.61 Å². The maximum absolute atomic E-state index is 12.0. The standard InChI is InChI=1S/C14H13F2N3O3S/c15-13(16)22-10-3-1-8(2-4-10)5-12(21)19-14-18-9(7-23-14)6-11(17)20/h1-4,7,13H,5-6H2,(H2,17,20)(H,18,19,21). The third-order valence-electron chi connectivity index (χ3n) is 2.67. The van der Waals surface area contributed by atoms with Gasteiger partial charge in [0.05, 0.1) is 18.5 Å². The van der Waals surface area contributed by atoms with E-state index in [0.717, 1.165) is 0 Å². The lowest BCUT2D eigenvalue weighted by molar-refractivity contribution is -0.117. The zero-order valence-electron chi connectivity index (χ0n) is 11.8. The van der Waals surface area contributed by atoms with E-state index in [9.17, 15) is 18.4 Å². The summed E-state index contributed by atoms with van der Waals surface area (Å²) in [5.41, 5.74) is 6.19. The molecular weight excluding hydrogens is 328 g/mol. The molecule has 1 aromatic carbocycles. The highest BCUT2D eigenvalue weighted by molar-refractivity contribution is 7.13. The van der Waals surface area contributed by atoms with Gasteiger partial charge in [-0.3, -0.25) is 9.59 Å². The Labute approximate surface area is 134 Å². The smallest absolute Gasteiger partial charge is 0.387 e. The number of hydrogen-bond donors (Lipinski definition) is 2. The molecule has 2 rings (SSSR count). The molecule has 0 atom stereocenters. The number of anilines is 1. The molecule has 0 saturated carbocycles. The van der Waals surface area contributed by atoms with Gasteiger partial charge < -0.3 is 15.8 Å². The van der Waals surface area contributed by atoms with Crippen LogP contribution in [0, 0.1) is 0 Å². The molecule has 3 N–H and O–H groups in total. The van der Waals surface area contributed by atoms with E-state index in [4.69, 9.17) is 5.73 Å². The van der Waals surface area contributed by atoms with Gasteiger partial charge in [0.1, 0.15) is 5.75 Å². The van der Waals surface area contributed by atoms with E-state index < -0.39 is 12.5 Å². The van der Waals surface area contributed by atoms with Crippen molar-refractivity contribution in [3.8, 4) is 5.75 Å². The minimum atomic E-state index is -2.89. The fourth-order valence-electron chi connectivity index (χ4n) is 1.76. The quantitative estimate of drug-likeness (QED) is 0.805. The van der Waals surface area contributed by atoms with Crippen LogP contribution in [0.25, 0.3) is 0 Å². The summed E-state index contributed by atoms with van der Waals surface area (Å²) in [5, 5.41) is 4.60. The monoisotopic (exact) mass is 341 g/mol. The van der Waals surface area contributed by atoms with Crippen molar-refractivity contribution in [2.45, 2.75) is 19.5 Å². The highest BCUT2D eigenvalue weighted by Crippen LogP contribution is 2.18. The Kier molecular flexibility index (Phi) is 5.58. The lowest BCUT2D eigenvalue weighted by atomic mass is 10.1. The van der Waals surface area contributed by atoms with Crippen LogP contribution in [0.5, 0.6) is 5.75 Å². The number of ether oxygens (including phenoxy) is 1. The highest BCUT2D eigenvalue weighted by atomic mass is 32.1. The van der Waals surface area contributed by atoms with E-state index in [2.05, 4.69) is 15.0 Å².